The Morgan fingerprint density at radius 2 is 1.81 bits per heavy atom. The Morgan fingerprint density at radius 3 is 2.58 bits per heavy atom. The number of amides is 1. The molecular formula is C22H23NO2S. The Balaban J connectivity index is 1.65. The maximum Gasteiger partial charge on any atom is 0.262 e. The van der Waals surface area contributed by atoms with Crippen molar-refractivity contribution in [2.45, 2.75) is 33.1 Å². The van der Waals surface area contributed by atoms with Crippen LogP contribution in [0.25, 0.3) is 11.1 Å². The number of nitrogens with one attached hydrogen (secondary N) is 1. The lowest BCUT2D eigenvalue weighted by atomic mass is 10.1. The Hall–Kier alpha value is -2.43. The largest absolute Gasteiger partial charge is 0.374 e. The number of rotatable bonds is 7. The molecule has 2 aromatic carbocycles. The van der Waals surface area contributed by atoms with Crippen LogP contribution in [0.5, 0.6) is 0 Å². The van der Waals surface area contributed by atoms with E-state index in [9.17, 15) is 4.79 Å². The number of benzene rings is 2. The predicted molar refractivity (Wildman–Crippen MR) is 107 cm³/mol. The van der Waals surface area contributed by atoms with Crippen LogP contribution in [0.3, 0.4) is 0 Å². The van der Waals surface area contributed by atoms with Gasteiger partial charge in [-0.05, 0) is 42.0 Å². The highest BCUT2D eigenvalue weighted by molar-refractivity contribution is 7.12. The number of hydrogen-bond donors (Lipinski definition) is 1. The fraction of sp³-hybridized carbons (Fsp3) is 0.227. The summed E-state index contributed by atoms with van der Waals surface area (Å²) in [6, 6.07) is 20.1. The van der Waals surface area contributed by atoms with Crippen LogP contribution in [-0.2, 0) is 17.9 Å². The molecule has 3 rings (SSSR count). The summed E-state index contributed by atoms with van der Waals surface area (Å²) in [5.41, 5.74) is 4.23. The highest BCUT2D eigenvalue weighted by Gasteiger charge is 2.14. The second kappa shape index (κ2) is 8.79. The van der Waals surface area contributed by atoms with E-state index in [4.69, 9.17) is 4.74 Å². The normalized spacial score (nSPS) is 10.9. The molecule has 1 N–H and O–H groups in total. The first-order valence-corrected chi connectivity index (χ1v) is 9.62. The van der Waals surface area contributed by atoms with Gasteiger partial charge < -0.3 is 10.1 Å². The van der Waals surface area contributed by atoms with Crippen molar-refractivity contribution in [3.63, 3.8) is 0 Å². The molecule has 0 spiro atoms. The first-order chi connectivity index (χ1) is 12.6. The van der Waals surface area contributed by atoms with E-state index in [1.807, 2.05) is 73.8 Å². The van der Waals surface area contributed by atoms with Crippen molar-refractivity contribution < 1.29 is 9.53 Å². The topological polar surface area (TPSA) is 38.3 Å². The molecule has 3 aromatic rings. The van der Waals surface area contributed by atoms with Crippen LogP contribution in [0.4, 0.5) is 0 Å². The van der Waals surface area contributed by atoms with Gasteiger partial charge in [0.05, 0.1) is 17.6 Å². The van der Waals surface area contributed by atoms with Crippen molar-refractivity contribution in [2.75, 3.05) is 0 Å². The average Bonchev–Trinajstić information content (AvgIpc) is 3.15. The molecule has 1 heterocycles. The molecule has 26 heavy (non-hydrogen) atoms. The molecule has 1 aromatic heterocycles. The molecule has 0 aliphatic heterocycles. The van der Waals surface area contributed by atoms with E-state index in [2.05, 4.69) is 11.4 Å². The van der Waals surface area contributed by atoms with Crippen LogP contribution in [0.1, 0.15) is 34.6 Å². The molecular weight excluding hydrogens is 342 g/mol. The van der Waals surface area contributed by atoms with Crippen molar-refractivity contribution in [1.82, 2.24) is 5.32 Å². The number of ether oxygens (including phenoxy) is 1. The van der Waals surface area contributed by atoms with Gasteiger partial charge in [-0.2, -0.15) is 0 Å². The van der Waals surface area contributed by atoms with Crippen molar-refractivity contribution in [3.8, 4) is 11.1 Å². The Bertz CT molecular complexity index is 855. The van der Waals surface area contributed by atoms with E-state index in [1.54, 1.807) is 0 Å². The smallest absolute Gasteiger partial charge is 0.262 e. The van der Waals surface area contributed by atoms with E-state index in [0.29, 0.717) is 13.2 Å². The number of hydrogen-bond acceptors (Lipinski definition) is 3. The van der Waals surface area contributed by atoms with Gasteiger partial charge in [0.1, 0.15) is 0 Å². The molecule has 0 unspecified atom stereocenters. The second-order valence-electron chi connectivity index (χ2n) is 6.39. The maximum absolute atomic E-state index is 12.6. The summed E-state index contributed by atoms with van der Waals surface area (Å²) in [5, 5.41) is 4.99. The molecule has 0 atom stereocenters. The molecule has 1 amide bonds. The maximum atomic E-state index is 12.6. The lowest BCUT2D eigenvalue weighted by molar-refractivity contribution is 0.0657. The van der Waals surface area contributed by atoms with Gasteiger partial charge in [-0.1, -0.05) is 54.6 Å². The zero-order valence-electron chi connectivity index (χ0n) is 15.1. The fourth-order valence-corrected chi connectivity index (χ4v) is 3.52. The van der Waals surface area contributed by atoms with Crippen molar-refractivity contribution >= 4 is 17.2 Å². The van der Waals surface area contributed by atoms with Crippen LogP contribution < -0.4 is 5.32 Å². The van der Waals surface area contributed by atoms with Crippen LogP contribution in [0, 0.1) is 0 Å². The summed E-state index contributed by atoms with van der Waals surface area (Å²) in [4.78, 5) is 13.4. The second-order valence-corrected chi connectivity index (χ2v) is 7.31. The predicted octanol–water partition coefficient (Wildman–Crippen LogP) is 5.27. The van der Waals surface area contributed by atoms with Crippen LogP contribution in [0.15, 0.2) is 66.0 Å². The third kappa shape index (κ3) is 4.81. The summed E-state index contributed by atoms with van der Waals surface area (Å²) in [6.45, 7) is 5.13. The third-order valence-corrected chi connectivity index (χ3v) is 4.90. The van der Waals surface area contributed by atoms with Crippen LogP contribution in [-0.4, -0.2) is 12.0 Å². The SMILES string of the molecule is CC(C)OCc1cccc(CNC(=O)c2sccc2-c2ccccc2)c1. The van der Waals surface area contributed by atoms with Gasteiger partial charge in [0, 0.05) is 12.1 Å². The van der Waals surface area contributed by atoms with Gasteiger partial charge in [0.2, 0.25) is 0 Å². The zero-order chi connectivity index (χ0) is 18.4. The molecule has 134 valence electrons. The summed E-state index contributed by atoms with van der Waals surface area (Å²) in [5.74, 6) is -0.0392. The number of thiophene rings is 1. The highest BCUT2D eigenvalue weighted by Crippen LogP contribution is 2.28. The molecule has 0 aliphatic rings. The fourth-order valence-electron chi connectivity index (χ4n) is 2.69. The van der Waals surface area contributed by atoms with Gasteiger partial charge in [-0.3, -0.25) is 4.79 Å². The first kappa shape index (κ1) is 18.4. The summed E-state index contributed by atoms with van der Waals surface area (Å²) in [6.07, 6.45) is 0.202. The minimum atomic E-state index is -0.0392. The summed E-state index contributed by atoms with van der Waals surface area (Å²) < 4.78 is 5.65. The molecule has 0 fully saturated rings. The molecule has 0 bridgehead atoms. The number of carbonyl (C=O) groups is 1. The molecule has 0 radical (unpaired) electrons. The van der Waals surface area contributed by atoms with E-state index in [1.165, 1.54) is 11.3 Å². The van der Waals surface area contributed by atoms with Gasteiger partial charge in [-0.15, -0.1) is 11.3 Å². The monoisotopic (exact) mass is 365 g/mol. The molecule has 0 aliphatic carbocycles. The number of carbonyl (C=O) groups excluding carboxylic acids is 1. The van der Waals surface area contributed by atoms with Crippen LogP contribution >= 0.6 is 11.3 Å². The van der Waals surface area contributed by atoms with Gasteiger partial charge in [0.15, 0.2) is 0 Å². The Morgan fingerprint density at radius 1 is 1.04 bits per heavy atom. The van der Waals surface area contributed by atoms with Gasteiger partial charge in [0.25, 0.3) is 5.91 Å². The van der Waals surface area contributed by atoms with E-state index in [0.717, 1.165) is 27.1 Å². The molecule has 0 saturated heterocycles. The lowest BCUT2D eigenvalue weighted by Gasteiger charge is -2.10. The molecule has 4 heteroatoms. The molecule has 0 saturated carbocycles. The minimum Gasteiger partial charge on any atom is -0.374 e. The standard InChI is InChI=1S/C22H23NO2S/c1-16(2)25-15-18-8-6-7-17(13-18)14-23-22(24)21-20(11-12-26-21)19-9-4-3-5-10-19/h3-13,16H,14-15H2,1-2H3,(H,23,24). The van der Waals surface area contributed by atoms with E-state index < -0.39 is 0 Å². The van der Waals surface area contributed by atoms with Crippen molar-refractivity contribution in [3.05, 3.63) is 82.0 Å². The van der Waals surface area contributed by atoms with Gasteiger partial charge >= 0.3 is 0 Å². The third-order valence-electron chi connectivity index (χ3n) is 3.98. The average molecular weight is 365 g/mol. The van der Waals surface area contributed by atoms with Crippen LogP contribution in [0.2, 0.25) is 0 Å². The first-order valence-electron chi connectivity index (χ1n) is 8.74. The van der Waals surface area contributed by atoms with Crippen molar-refractivity contribution in [2.24, 2.45) is 0 Å². The zero-order valence-corrected chi connectivity index (χ0v) is 15.9. The Kier molecular flexibility index (Phi) is 6.21. The van der Waals surface area contributed by atoms with E-state index >= 15 is 0 Å². The summed E-state index contributed by atoms with van der Waals surface area (Å²) >= 11 is 1.47. The van der Waals surface area contributed by atoms with Crippen molar-refractivity contribution in [1.29, 1.82) is 0 Å². The lowest BCUT2D eigenvalue weighted by Crippen LogP contribution is -2.22. The minimum absolute atomic E-state index is 0.0392. The quantitative estimate of drug-likeness (QED) is 0.619. The van der Waals surface area contributed by atoms with Gasteiger partial charge in [-0.25, -0.2) is 0 Å². The van der Waals surface area contributed by atoms with E-state index in [-0.39, 0.29) is 12.0 Å². The molecule has 3 nitrogen and oxygen atoms in total. The highest BCUT2D eigenvalue weighted by atomic mass is 32.1. The summed E-state index contributed by atoms with van der Waals surface area (Å²) in [7, 11) is 0. The Labute approximate surface area is 158 Å².